The van der Waals surface area contributed by atoms with E-state index in [-0.39, 0.29) is 17.1 Å². The van der Waals surface area contributed by atoms with Crippen LogP contribution in [-0.2, 0) is 23.9 Å². The van der Waals surface area contributed by atoms with E-state index < -0.39 is 18.0 Å². The molecule has 0 fully saturated rings. The quantitative estimate of drug-likeness (QED) is 0.508. The monoisotopic (exact) mass is 361 g/mol. The second kappa shape index (κ2) is 18.9. The van der Waals surface area contributed by atoms with Crippen molar-refractivity contribution in [1.29, 1.82) is 0 Å². The Morgan fingerprint density at radius 2 is 1.16 bits per heavy atom. The van der Waals surface area contributed by atoms with Gasteiger partial charge in [-0.2, -0.15) is 0 Å². The van der Waals surface area contributed by atoms with Crippen LogP contribution in [0.25, 0.3) is 0 Å². The SMILES string of the molecule is C=C(C)C(=O)O.C=C(C)C(=O)O.C=C(C)C(=O)OC.CCOC(N)=O. The molecule has 9 nitrogen and oxygen atoms in total. The lowest BCUT2D eigenvalue weighted by Crippen LogP contribution is -2.11. The van der Waals surface area contributed by atoms with Crippen molar-refractivity contribution in [2.24, 2.45) is 5.73 Å². The molecule has 0 saturated heterocycles. The van der Waals surface area contributed by atoms with E-state index >= 15 is 0 Å². The van der Waals surface area contributed by atoms with E-state index in [1.165, 1.54) is 21.0 Å². The van der Waals surface area contributed by atoms with E-state index in [0.29, 0.717) is 12.2 Å². The van der Waals surface area contributed by atoms with Gasteiger partial charge in [0.25, 0.3) is 0 Å². The van der Waals surface area contributed by atoms with Gasteiger partial charge in [0.05, 0.1) is 13.7 Å². The Labute approximate surface area is 147 Å². The summed E-state index contributed by atoms with van der Waals surface area (Å²) in [5, 5.41) is 15.8. The van der Waals surface area contributed by atoms with Gasteiger partial charge in [0.15, 0.2) is 0 Å². The standard InChI is InChI=1S/C5H8O2.2C4H6O2.C3H7NO2/c1-4(2)5(6)7-3;2*1-3(2)4(5)6;1-2-6-3(4)5/h1H2,2-3H3;2*1H2,2H3,(H,5,6);2H2,1H3,(H2,4,5). The van der Waals surface area contributed by atoms with Gasteiger partial charge in [-0.15, -0.1) is 0 Å². The summed E-state index contributed by atoms with van der Waals surface area (Å²) in [6, 6.07) is 0. The molecule has 25 heavy (non-hydrogen) atoms. The third-order valence-electron chi connectivity index (χ3n) is 1.55. The van der Waals surface area contributed by atoms with E-state index in [2.05, 4.69) is 34.9 Å². The highest BCUT2D eigenvalue weighted by molar-refractivity contribution is 5.86. The number of esters is 1. The first-order valence-corrected chi connectivity index (χ1v) is 6.68. The first kappa shape index (κ1) is 29.9. The smallest absolute Gasteiger partial charge is 0.404 e. The predicted molar refractivity (Wildman–Crippen MR) is 92.9 cm³/mol. The number of carbonyl (C=O) groups is 4. The summed E-state index contributed by atoms with van der Waals surface area (Å²) in [5.74, 6) is -2.22. The van der Waals surface area contributed by atoms with Crippen LogP contribution in [0, 0.1) is 0 Å². The molecule has 0 unspecified atom stereocenters. The molecular formula is C16H27NO8. The largest absolute Gasteiger partial charge is 0.478 e. The van der Waals surface area contributed by atoms with Gasteiger partial charge in [0, 0.05) is 16.7 Å². The van der Waals surface area contributed by atoms with Gasteiger partial charge in [-0.05, 0) is 27.7 Å². The molecule has 4 N–H and O–H groups in total. The maximum atomic E-state index is 10.2. The molecule has 0 atom stereocenters. The van der Waals surface area contributed by atoms with Crippen LogP contribution in [0.15, 0.2) is 36.5 Å². The lowest BCUT2D eigenvalue weighted by Gasteiger charge is -1.91. The van der Waals surface area contributed by atoms with E-state index in [1.54, 1.807) is 13.8 Å². The highest BCUT2D eigenvalue weighted by atomic mass is 16.5. The first-order valence-electron chi connectivity index (χ1n) is 6.68. The predicted octanol–water partition coefficient (Wildman–Crippen LogP) is 2.13. The van der Waals surface area contributed by atoms with Crippen molar-refractivity contribution in [2.45, 2.75) is 27.7 Å². The summed E-state index contributed by atoms with van der Waals surface area (Å²) in [6.45, 7) is 16.2. The third-order valence-corrected chi connectivity index (χ3v) is 1.55. The minimum Gasteiger partial charge on any atom is -0.478 e. The van der Waals surface area contributed by atoms with Crippen LogP contribution in [0.1, 0.15) is 27.7 Å². The average molecular weight is 361 g/mol. The van der Waals surface area contributed by atoms with E-state index in [1.807, 2.05) is 0 Å². The molecule has 9 heteroatoms. The van der Waals surface area contributed by atoms with E-state index in [4.69, 9.17) is 10.2 Å². The zero-order chi connectivity index (χ0) is 21.2. The van der Waals surface area contributed by atoms with Crippen LogP contribution >= 0.6 is 0 Å². The fourth-order valence-corrected chi connectivity index (χ4v) is 0.316. The maximum Gasteiger partial charge on any atom is 0.404 e. The van der Waals surface area contributed by atoms with Gasteiger partial charge in [0.2, 0.25) is 0 Å². The molecule has 144 valence electrons. The van der Waals surface area contributed by atoms with Crippen molar-refractivity contribution in [3.8, 4) is 0 Å². The number of aliphatic carboxylic acids is 2. The van der Waals surface area contributed by atoms with Crippen molar-refractivity contribution in [3.63, 3.8) is 0 Å². The number of hydrogen-bond donors (Lipinski definition) is 3. The molecule has 0 aliphatic heterocycles. The molecule has 0 rings (SSSR count). The van der Waals surface area contributed by atoms with Gasteiger partial charge in [-0.1, -0.05) is 19.7 Å². The normalized spacial score (nSPS) is 7.56. The molecule has 0 saturated carbocycles. The Morgan fingerprint density at radius 1 is 0.880 bits per heavy atom. The summed E-state index contributed by atoms with van der Waals surface area (Å²) in [6.07, 6.45) is -0.711. The molecule has 0 aromatic rings. The molecule has 0 aromatic carbocycles. The van der Waals surface area contributed by atoms with Crippen LogP contribution < -0.4 is 5.73 Å². The molecule has 0 aliphatic carbocycles. The minimum atomic E-state index is -0.935. The molecule has 0 radical (unpaired) electrons. The summed E-state index contributed by atoms with van der Waals surface area (Å²) >= 11 is 0. The molecule has 0 aromatic heterocycles. The molecule has 0 bridgehead atoms. The van der Waals surface area contributed by atoms with Crippen molar-refractivity contribution >= 4 is 24.0 Å². The van der Waals surface area contributed by atoms with Crippen LogP contribution in [0.2, 0.25) is 0 Å². The second-order valence-electron chi connectivity index (χ2n) is 4.19. The van der Waals surface area contributed by atoms with Gasteiger partial charge >= 0.3 is 24.0 Å². The number of rotatable bonds is 4. The van der Waals surface area contributed by atoms with Crippen LogP contribution in [-0.4, -0.2) is 47.9 Å². The zero-order valence-corrected chi connectivity index (χ0v) is 15.2. The Morgan fingerprint density at radius 3 is 1.16 bits per heavy atom. The number of primary amides is 1. The molecule has 0 aliphatic rings. The lowest BCUT2D eigenvalue weighted by atomic mass is 10.4. The molecule has 0 spiro atoms. The molecular weight excluding hydrogens is 334 g/mol. The number of methoxy groups -OCH3 is 1. The summed E-state index contributed by atoms with van der Waals surface area (Å²) in [4.78, 5) is 39.0. The maximum absolute atomic E-state index is 10.2. The second-order valence-corrected chi connectivity index (χ2v) is 4.19. The number of ether oxygens (including phenoxy) is 2. The average Bonchev–Trinajstić information content (AvgIpc) is 2.47. The van der Waals surface area contributed by atoms with Gasteiger partial charge < -0.3 is 25.4 Å². The highest BCUT2D eigenvalue weighted by Crippen LogP contribution is 1.87. The number of amides is 1. The fourth-order valence-electron chi connectivity index (χ4n) is 0.316. The first-order chi connectivity index (χ1) is 11.2. The van der Waals surface area contributed by atoms with E-state index in [9.17, 15) is 19.2 Å². The van der Waals surface area contributed by atoms with E-state index in [0.717, 1.165) is 0 Å². The number of nitrogens with two attached hydrogens (primary N) is 1. The molecule has 1 amide bonds. The minimum absolute atomic E-state index is 0.176. The van der Waals surface area contributed by atoms with Crippen molar-refractivity contribution in [3.05, 3.63) is 36.5 Å². The number of hydrogen-bond acceptors (Lipinski definition) is 6. The van der Waals surface area contributed by atoms with Gasteiger partial charge in [-0.25, -0.2) is 19.2 Å². The third kappa shape index (κ3) is 38.6. The summed E-state index contributed by atoms with van der Waals surface area (Å²) in [5.41, 5.74) is 5.33. The fraction of sp³-hybridized carbons (Fsp3) is 0.375. The highest BCUT2D eigenvalue weighted by Gasteiger charge is 1.95. The van der Waals surface area contributed by atoms with Crippen LogP contribution in [0.3, 0.4) is 0 Å². The van der Waals surface area contributed by atoms with Crippen molar-refractivity contribution < 1.29 is 38.9 Å². The zero-order valence-electron chi connectivity index (χ0n) is 15.2. The number of carbonyl (C=O) groups excluding carboxylic acids is 2. The summed E-state index contributed by atoms with van der Waals surface area (Å²) < 4.78 is 8.45. The lowest BCUT2D eigenvalue weighted by molar-refractivity contribution is -0.136. The Bertz CT molecular complexity index is 446. The number of carboxylic acids is 2. The molecule has 0 heterocycles. The summed E-state index contributed by atoms with van der Waals surface area (Å²) in [7, 11) is 1.33. The topological polar surface area (TPSA) is 153 Å². The van der Waals surface area contributed by atoms with Gasteiger partial charge in [-0.3, -0.25) is 0 Å². The Balaban J connectivity index is -0.000000118. The van der Waals surface area contributed by atoms with Crippen molar-refractivity contribution in [1.82, 2.24) is 0 Å². The van der Waals surface area contributed by atoms with Crippen LogP contribution in [0.5, 0.6) is 0 Å². The Hall–Kier alpha value is -3.10. The number of carboxylic acid groups (broad SMARTS) is 2. The van der Waals surface area contributed by atoms with Gasteiger partial charge in [0.1, 0.15) is 0 Å². The Kier molecular flexibility index (Phi) is 22.6. The van der Waals surface area contributed by atoms with Crippen molar-refractivity contribution in [2.75, 3.05) is 13.7 Å². The van der Waals surface area contributed by atoms with Crippen LogP contribution in [0.4, 0.5) is 4.79 Å².